The molecule has 2 saturated carbocycles. The van der Waals surface area contributed by atoms with Crippen LogP contribution < -0.4 is 9.64 Å². The van der Waals surface area contributed by atoms with Crippen LogP contribution in [0.5, 0.6) is 5.75 Å². The molecule has 0 spiro atoms. The van der Waals surface area contributed by atoms with Gasteiger partial charge in [-0.3, -0.25) is 14.5 Å². The molecule has 1 saturated heterocycles. The summed E-state index contributed by atoms with van der Waals surface area (Å²) in [4.78, 5) is 34.1. The summed E-state index contributed by atoms with van der Waals surface area (Å²) in [5.74, 6) is 1.80. The van der Waals surface area contributed by atoms with Gasteiger partial charge < -0.3 is 14.7 Å². The first-order chi connectivity index (χ1) is 16.4. The topological polar surface area (TPSA) is 83.0 Å². The van der Waals surface area contributed by atoms with Crippen molar-refractivity contribution in [2.45, 2.75) is 58.0 Å². The lowest BCUT2D eigenvalue weighted by atomic mass is 9.95. The Bertz CT molecular complexity index is 1060. The molecule has 0 radical (unpaired) electrons. The van der Waals surface area contributed by atoms with Gasteiger partial charge in [0.15, 0.2) is 5.13 Å². The van der Waals surface area contributed by atoms with Gasteiger partial charge in [-0.05, 0) is 63.0 Å². The van der Waals surface area contributed by atoms with Crippen molar-refractivity contribution in [3.63, 3.8) is 0 Å². The Hall–Kier alpha value is -2.45. The van der Waals surface area contributed by atoms with Gasteiger partial charge in [-0.2, -0.15) is 0 Å². The molecular formula is C26H33N3O4S. The number of aliphatic hydroxyl groups excluding tert-OH is 1. The third-order valence-electron chi connectivity index (χ3n) is 6.95. The van der Waals surface area contributed by atoms with Crippen molar-refractivity contribution in [1.29, 1.82) is 0 Å². The van der Waals surface area contributed by atoms with Gasteiger partial charge in [-0.1, -0.05) is 12.1 Å². The van der Waals surface area contributed by atoms with Crippen LogP contribution >= 0.6 is 11.3 Å². The van der Waals surface area contributed by atoms with E-state index in [2.05, 4.69) is 4.98 Å². The number of rotatable bonds is 10. The van der Waals surface area contributed by atoms with Crippen LogP contribution in [0, 0.1) is 18.8 Å². The molecule has 34 heavy (non-hydrogen) atoms. The lowest BCUT2D eigenvalue weighted by Gasteiger charge is -2.24. The Morgan fingerprint density at radius 3 is 2.71 bits per heavy atom. The fourth-order valence-corrected chi connectivity index (χ4v) is 5.30. The van der Waals surface area contributed by atoms with Gasteiger partial charge in [0, 0.05) is 36.4 Å². The fraction of sp³-hybridized carbons (Fsp3) is 0.577. The van der Waals surface area contributed by atoms with E-state index in [9.17, 15) is 14.7 Å². The average molecular weight is 484 g/mol. The van der Waals surface area contributed by atoms with Crippen molar-refractivity contribution < 1.29 is 19.4 Å². The maximum Gasteiger partial charge on any atom is 0.248 e. The zero-order valence-electron chi connectivity index (χ0n) is 19.9. The molecule has 2 aromatic rings. The number of amides is 2. The molecule has 2 amide bonds. The molecule has 2 heterocycles. The number of carbonyl (C=O) groups excluding carboxylic acids is 2. The number of hydrogen-bond donors (Lipinski definition) is 1. The van der Waals surface area contributed by atoms with Gasteiger partial charge in [-0.25, -0.2) is 4.98 Å². The highest BCUT2D eigenvalue weighted by Gasteiger charge is 2.35. The van der Waals surface area contributed by atoms with E-state index in [1.54, 1.807) is 16.7 Å². The zero-order valence-corrected chi connectivity index (χ0v) is 20.7. The van der Waals surface area contributed by atoms with Crippen LogP contribution in [-0.4, -0.2) is 53.0 Å². The van der Waals surface area contributed by atoms with Crippen LogP contribution in [-0.2, 0) is 9.59 Å². The van der Waals surface area contributed by atoms with Gasteiger partial charge in [0.05, 0.1) is 18.4 Å². The zero-order chi connectivity index (χ0) is 23.8. The largest absolute Gasteiger partial charge is 0.493 e. The van der Waals surface area contributed by atoms with Gasteiger partial charge >= 0.3 is 0 Å². The van der Waals surface area contributed by atoms with Gasteiger partial charge in [0.2, 0.25) is 11.8 Å². The SMILES string of the molecule is Cc1csc(N(CC2CC2)C(=O)CN2CC(c3ccc(C(C)O)c(OCC4CC4)c3)CC2=O)n1. The Kier molecular flexibility index (Phi) is 6.62. The van der Waals surface area contributed by atoms with Crippen LogP contribution in [0.2, 0.25) is 0 Å². The van der Waals surface area contributed by atoms with Gasteiger partial charge in [0.25, 0.3) is 0 Å². The molecule has 182 valence electrons. The molecule has 5 rings (SSSR count). The Labute approximate surface area is 204 Å². The van der Waals surface area contributed by atoms with Crippen molar-refractivity contribution in [3.05, 3.63) is 40.4 Å². The predicted molar refractivity (Wildman–Crippen MR) is 131 cm³/mol. The third kappa shape index (κ3) is 5.44. The molecule has 1 N–H and O–H groups in total. The number of thiazole rings is 1. The molecule has 1 aromatic carbocycles. The maximum atomic E-state index is 13.2. The first-order valence-electron chi connectivity index (χ1n) is 12.3. The van der Waals surface area contributed by atoms with Crippen molar-refractivity contribution >= 4 is 28.3 Å². The normalized spacial score (nSPS) is 21.1. The fourth-order valence-electron chi connectivity index (χ4n) is 4.47. The number of ether oxygens (including phenoxy) is 1. The van der Waals surface area contributed by atoms with Crippen LogP contribution in [0.3, 0.4) is 0 Å². The maximum absolute atomic E-state index is 13.2. The predicted octanol–water partition coefficient (Wildman–Crippen LogP) is 4.05. The van der Waals surface area contributed by atoms with Crippen LogP contribution in [0.25, 0.3) is 0 Å². The molecule has 8 heteroatoms. The van der Waals surface area contributed by atoms with Gasteiger partial charge in [-0.15, -0.1) is 11.3 Å². The minimum atomic E-state index is -0.616. The van der Waals surface area contributed by atoms with Crippen LogP contribution in [0.1, 0.15) is 67.9 Å². The average Bonchev–Trinajstić information content (AvgIpc) is 3.73. The van der Waals surface area contributed by atoms with E-state index >= 15 is 0 Å². The van der Waals surface area contributed by atoms with Crippen molar-refractivity contribution in [1.82, 2.24) is 9.88 Å². The first kappa shape index (κ1) is 23.3. The van der Waals surface area contributed by atoms with E-state index in [-0.39, 0.29) is 24.3 Å². The van der Waals surface area contributed by atoms with E-state index in [0.29, 0.717) is 43.7 Å². The second-order valence-electron chi connectivity index (χ2n) is 10.1. The highest BCUT2D eigenvalue weighted by molar-refractivity contribution is 7.14. The van der Waals surface area contributed by atoms with E-state index in [0.717, 1.165) is 34.8 Å². The summed E-state index contributed by atoms with van der Waals surface area (Å²) in [5.41, 5.74) is 2.70. The Balaban J connectivity index is 1.27. The second-order valence-corrected chi connectivity index (χ2v) is 11.0. The monoisotopic (exact) mass is 483 g/mol. The number of aromatic nitrogens is 1. The summed E-state index contributed by atoms with van der Waals surface area (Å²) in [6, 6.07) is 5.86. The second kappa shape index (κ2) is 9.66. The quantitative estimate of drug-likeness (QED) is 0.551. The number of hydrogen-bond acceptors (Lipinski definition) is 6. The summed E-state index contributed by atoms with van der Waals surface area (Å²) in [6.07, 6.45) is 4.44. The van der Waals surface area contributed by atoms with E-state index in [1.165, 1.54) is 24.2 Å². The van der Waals surface area contributed by atoms with Crippen molar-refractivity contribution in [2.75, 3.05) is 31.1 Å². The highest BCUT2D eigenvalue weighted by Crippen LogP contribution is 2.36. The number of aryl methyl sites for hydroxylation is 1. The Morgan fingerprint density at radius 1 is 1.29 bits per heavy atom. The molecule has 1 aliphatic heterocycles. The summed E-state index contributed by atoms with van der Waals surface area (Å²) in [7, 11) is 0. The molecule has 2 unspecified atom stereocenters. The minimum Gasteiger partial charge on any atom is -0.493 e. The third-order valence-corrected chi connectivity index (χ3v) is 7.93. The standard InChI is InChI=1S/C26H33N3O4S/c1-16-15-34-26(27-16)29(11-18-3-4-18)25(32)13-28-12-21(10-24(28)31)20-7-8-22(17(2)30)23(9-20)33-14-19-5-6-19/h7-9,15,17-19,21,30H,3-6,10-14H2,1-2H3. The number of benzene rings is 1. The smallest absolute Gasteiger partial charge is 0.248 e. The molecule has 2 aliphatic carbocycles. The molecule has 0 bridgehead atoms. The van der Waals surface area contributed by atoms with Crippen LogP contribution in [0.15, 0.2) is 23.6 Å². The molecule has 7 nitrogen and oxygen atoms in total. The highest BCUT2D eigenvalue weighted by atomic mass is 32.1. The van der Waals surface area contributed by atoms with Crippen LogP contribution in [0.4, 0.5) is 5.13 Å². The summed E-state index contributed by atoms with van der Waals surface area (Å²) in [5, 5.41) is 12.8. The van der Waals surface area contributed by atoms with Crippen molar-refractivity contribution in [3.8, 4) is 5.75 Å². The van der Waals surface area contributed by atoms with Crippen molar-refractivity contribution in [2.24, 2.45) is 11.8 Å². The number of aliphatic hydroxyl groups is 1. The lowest BCUT2D eigenvalue weighted by Crippen LogP contribution is -2.42. The lowest BCUT2D eigenvalue weighted by molar-refractivity contribution is -0.132. The minimum absolute atomic E-state index is 0.0000860. The summed E-state index contributed by atoms with van der Waals surface area (Å²) < 4.78 is 6.04. The van der Waals surface area contributed by atoms with E-state index in [4.69, 9.17) is 4.74 Å². The summed E-state index contributed by atoms with van der Waals surface area (Å²) >= 11 is 1.48. The number of carbonyl (C=O) groups is 2. The molecule has 1 aromatic heterocycles. The summed E-state index contributed by atoms with van der Waals surface area (Å²) in [6.45, 7) is 5.61. The first-order valence-corrected chi connectivity index (χ1v) is 13.2. The van der Waals surface area contributed by atoms with E-state index < -0.39 is 6.10 Å². The number of likely N-dealkylation sites (tertiary alicyclic amines) is 1. The van der Waals surface area contributed by atoms with E-state index in [1.807, 2.05) is 30.5 Å². The molecule has 3 aliphatic rings. The molecular weight excluding hydrogens is 450 g/mol. The molecule has 3 fully saturated rings. The number of anilines is 1. The Morgan fingerprint density at radius 2 is 2.06 bits per heavy atom. The number of nitrogens with zero attached hydrogens (tertiary/aromatic N) is 3. The molecule has 2 atom stereocenters. The van der Waals surface area contributed by atoms with Gasteiger partial charge in [0.1, 0.15) is 12.3 Å².